The molecule has 0 amide bonds. The zero-order valence-corrected chi connectivity index (χ0v) is 13.8. The van der Waals surface area contributed by atoms with E-state index in [1.54, 1.807) is 0 Å². The third kappa shape index (κ3) is 4.79. The number of aliphatic carboxylic acids is 1. The van der Waals surface area contributed by atoms with Crippen LogP contribution in [0.1, 0.15) is 19.4 Å². The Balaban J connectivity index is 2.08. The van der Waals surface area contributed by atoms with E-state index in [0.717, 1.165) is 17.1 Å². The lowest BCUT2D eigenvalue weighted by Gasteiger charge is -2.24. The number of hydrogen-bond donors (Lipinski definition) is 1. The zero-order chi connectivity index (χ0) is 16.8. The van der Waals surface area contributed by atoms with Gasteiger partial charge in [-0.3, -0.25) is 9.69 Å². The molecule has 1 aromatic carbocycles. The molecule has 1 N–H and O–H groups in total. The minimum atomic E-state index is -0.813. The van der Waals surface area contributed by atoms with Crippen LogP contribution in [-0.2, 0) is 11.3 Å². The lowest BCUT2D eigenvalue weighted by atomic mass is 10.2. The van der Waals surface area contributed by atoms with E-state index >= 15 is 0 Å². The van der Waals surface area contributed by atoms with Crippen LogP contribution in [0.5, 0.6) is 0 Å². The van der Waals surface area contributed by atoms with Crippen molar-refractivity contribution < 1.29 is 9.90 Å². The van der Waals surface area contributed by atoms with Gasteiger partial charge in [0.25, 0.3) is 0 Å². The first-order valence-corrected chi connectivity index (χ1v) is 7.67. The average Bonchev–Trinajstić information content (AvgIpc) is 2.54. The molecule has 0 saturated heterocycles. The summed E-state index contributed by atoms with van der Waals surface area (Å²) in [6, 6.07) is 14.2. The summed E-state index contributed by atoms with van der Waals surface area (Å²) in [6.07, 6.45) is 1.81. The Morgan fingerprint density at radius 2 is 1.87 bits per heavy atom. The highest BCUT2D eigenvalue weighted by Crippen LogP contribution is 2.21. The Labute approximate surface area is 137 Å². The largest absolute Gasteiger partial charge is 0.480 e. The average molecular weight is 313 g/mol. The highest BCUT2D eigenvalue weighted by molar-refractivity contribution is 5.69. The van der Waals surface area contributed by atoms with E-state index in [4.69, 9.17) is 5.11 Å². The minimum Gasteiger partial charge on any atom is -0.480 e. The summed E-state index contributed by atoms with van der Waals surface area (Å²) in [5.41, 5.74) is 2.08. The summed E-state index contributed by atoms with van der Waals surface area (Å²) in [5, 5.41) is 8.99. The Hall–Kier alpha value is -2.40. The van der Waals surface area contributed by atoms with E-state index in [2.05, 4.69) is 4.98 Å². The minimum absolute atomic E-state index is 0.0311. The fourth-order valence-electron chi connectivity index (χ4n) is 2.32. The lowest BCUT2D eigenvalue weighted by Crippen LogP contribution is -2.35. The maximum absolute atomic E-state index is 10.9. The van der Waals surface area contributed by atoms with Crippen molar-refractivity contribution in [2.75, 3.05) is 18.5 Å². The topological polar surface area (TPSA) is 56.7 Å². The van der Waals surface area contributed by atoms with Crippen molar-refractivity contribution in [2.45, 2.75) is 26.4 Å². The number of hydrogen-bond acceptors (Lipinski definition) is 4. The van der Waals surface area contributed by atoms with Gasteiger partial charge in [0.05, 0.1) is 6.54 Å². The number of carbonyl (C=O) groups is 1. The van der Waals surface area contributed by atoms with Crippen molar-refractivity contribution in [3.63, 3.8) is 0 Å². The van der Waals surface area contributed by atoms with Gasteiger partial charge in [-0.05, 0) is 37.6 Å². The molecule has 0 unspecified atom stereocenters. The molecule has 0 aliphatic heterocycles. The molecule has 0 radical (unpaired) electrons. The second kappa shape index (κ2) is 7.74. The Bertz CT molecular complexity index is 626. The van der Waals surface area contributed by atoms with Crippen molar-refractivity contribution in [3.05, 3.63) is 54.2 Å². The first-order valence-electron chi connectivity index (χ1n) is 7.67. The van der Waals surface area contributed by atoms with Crippen LogP contribution in [0.2, 0.25) is 0 Å². The first kappa shape index (κ1) is 17.0. The van der Waals surface area contributed by atoms with Gasteiger partial charge in [0.1, 0.15) is 5.82 Å². The van der Waals surface area contributed by atoms with Gasteiger partial charge in [-0.2, -0.15) is 0 Å². The van der Waals surface area contributed by atoms with Crippen molar-refractivity contribution in [3.8, 4) is 0 Å². The maximum Gasteiger partial charge on any atom is 0.317 e. The first-order chi connectivity index (χ1) is 11.0. The molecule has 23 heavy (non-hydrogen) atoms. The number of carboxylic acid groups (broad SMARTS) is 1. The van der Waals surface area contributed by atoms with E-state index in [0.29, 0.717) is 6.54 Å². The second-order valence-corrected chi connectivity index (χ2v) is 5.81. The molecule has 2 aromatic rings. The summed E-state index contributed by atoms with van der Waals surface area (Å²) in [6.45, 7) is 4.59. The molecule has 0 aliphatic rings. The smallest absolute Gasteiger partial charge is 0.317 e. The van der Waals surface area contributed by atoms with Crippen LogP contribution >= 0.6 is 0 Å². The monoisotopic (exact) mass is 313 g/mol. The van der Waals surface area contributed by atoms with E-state index in [1.165, 1.54) is 0 Å². The summed E-state index contributed by atoms with van der Waals surface area (Å²) < 4.78 is 0. The van der Waals surface area contributed by atoms with Gasteiger partial charge in [0, 0.05) is 31.5 Å². The molecule has 1 aromatic heterocycles. The number of benzene rings is 1. The van der Waals surface area contributed by atoms with Crippen LogP contribution in [0, 0.1) is 0 Å². The Kier molecular flexibility index (Phi) is 5.71. The van der Waals surface area contributed by atoms with E-state index < -0.39 is 5.97 Å². The van der Waals surface area contributed by atoms with Crippen molar-refractivity contribution in [2.24, 2.45) is 0 Å². The van der Waals surface area contributed by atoms with Crippen LogP contribution in [0.4, 0.5) is 11.5 Å². The number of carboxylic acids is 1. The standard InChI is InChI=1S/C18H23N3O2/c1-14(2)21(13-18(22)23)12-15-9-10-17(19-11-15)20(3)16-7-5-4-6-8-16/h4-11,14H,12-13H2,1-3H3,(H,22,23). The summed E-state index contributed by atoms with van der Waals surface area (Å²) in [7, 11) is 1.97. The number of rotatable bonds is 7. The van der Waals surface area contributed by atoms with E-state index in [1.807, 2.05) is 79.4 Å². The molecule has 0 spiro atoms. The van der Waals surface area contributed by atoms with Crippen molar-refractivity contribution >= 4 is 17.5 Å². The zero-order valence-electron chi connectivity index (χ0n) is 13.8. The normalized spacial score (nSPS) is 11.0. The molecule has 1 heterocycles. The number of aromatic nitrogens is 1. The lowest BCUT2D eigenvalue weighted by molar-refractivity contribution is -0.138. The molecule has 0 aliphatic carbocycles. The van der Waals surface area contributed by atoms with Crippen LogP contribution in [0.3, 0.4) is 0 Å². The number of para-hydroxylation sites is 1. The molecular formula is C18H23N3O2. The molecule has 0 saturated carbocycles. The number of nitrogens with zero attached hydrogens (tertiary/aromatic N) is 3. The fourth-order valence-corrected chi connectivity index (χ4v) is 2.32. The predicted molar refractivity (Wildman–Crippen MR) is 91.9 cm³/mol. The van der Waals surface area contributed by atoms with Crippen molar-refractivity contribution in [1.82, 2.24) is 9.88 Å². The summed E-state index contributed by atoms with van der Waals surface area (Å²) >= 11 is 0. The highest BCUT2D eigenvalue weighted by Gasteiger charge is 2.14. The molecule has 0 fully saturated rings. The van der Waals surface area contributed by atoms with Crippen LogP contribution in [0.15, 0.2) is 48.7 Å². The summed E-state index contributed by atoms with van der Waals surface area (Å²) in [5.74, 6) is 0.0429. The third-order valence-electron chi connectivity index (χ3n) is 3.75. The van der Waals surface area contributed by atoms with Crippen LogP contribution < -0.4 is 4.90 Å². The molecular weight excluding hydrogens is 290 g/mol. The second-order valence-electron chi connectivity index (χ2n) is 5.81. The van der Waals surface area contributed by atoms with Crippen LogP contribution in [-0.4, -0.2) is 40.6 Å². The highest BCUT2D eigenvalue weighted by atomic mass is 16.4. The van der Waals surface area contributed by atoms with E-state index in [-0.39, 0.29) is 12.6 Å². The van der Waals surface area contributed by atoms with E-state index in [9.17, 15) is 4.79 Å². The molecule has 122 valence electrons. The van der Waals surface area contributed by atoms with Crippen LogP contribution in [0.25, 0.3) is 0 Å². The van der Waals surface area contributed by atoms with Gasteiger partial charge in [-0.25, -0.2) is 4.98 Å². The van der Waals surface area contributed by atoms with Crippen molar-refractivity contribution in [1.29, 1.82) is 0 Å². The predicted octanol–water partition coefficient (Wildman–Crippen LogP) is 3.14. The third-order valence-corrected chi connectivity index (χ3v) is 3.75. The molecule has 5 nitrogen and oxygen atoms in total. The number of anilines is 2. The molecule has 2 rings (SSSR count). The molecule has 0 bridgehead atoms. The van der Waals surface area contributed by atoms with Gasteiger partial charge in [0.2, 0.25) is 0 Å². The fraction of sp³-hybridized carbons (Fsp3) is 0.333. The Morgan fingerprint density at radius 3 is 2.39 bits per heavy atom. The SMILES string of the molecule is CC(C)N(CC(=O)O)Cc1ccc(N(C)c2ccccc2)nc1. The van der Waals surface area contributed by atoms with Gasteiger partial charge in [-0.1, -0.05) is 24.3 Å². The maximum atomic E-state index is 10.9. The Morgan fingerprint density at radius 1 is 1.17 bits per heavy atom. The molecule has 0 atom stereocenters. The molecule has 5 heteroatoms. The van der Waals surface area contributed by atoms with Gasteiger partial charge in [-0.15, -0.1) is 0 Å². The van der Waals surface area contributed by atoms with Gasteiger partial charge >= 0.3 is 5.97 Å². The summed E-state index contributed by atoms with van der Waals surface area (Å²) in [4.78, 5) is 19.4. The van der Waals surface area contributed by atoms with Gasteiger partial charge < -0.3 is 10.0 Å². The number of pyridine rings is 1. The van der Waals surface area contributed by atoms with Gasteiger partial charge in [0.15, 0.2) is 0 Å². The quantitative estimate of drug-likeness (QED) is 0.851.